The summed E-state index contributed by atoms with van der Waals surface area (Å²) in [4.78, 5) is 14.4. The maximum absolute atomic E-state index is 12.5. The van der Waals surface area contributed by atoms with E-state index in [9.17, 15) is 4.79 Å². The molecule has 1 aromatic rings. The first-order chi connectivity index (χ1) is 9.08. The molecule has 3 heteroatoms. The van der Waals surface area contributed by atoms with E-state index in [1.54, 1.807) is 0 Å². The van der Waals surface area contributed by atoms with Crippen molar-refractivity contribution in [2.45, 2.75) is 51.7 Å². The SMILES string of the molecule is CC(C)C[C@H](N)C(=O)N(Cc1ccccc1)C1CC1. The van der Waals surface area contributed by atoms with E-state index < -0.39 is 0 Å². The molecule has 2 rings (SSSR count). The van der Waals surface area contributed by atoms with Crippen molar-refractivity contribution in [3.05, 3.63) is 35.9 Å². The second kappa shape index (κ2) is 6.20. The van der Waals surface area contributed by atoms with Crippen LogP contribution in [0.4, 0.5) is 0 Å². The van der Waals surface area contributed by atoms with Gasteiger partial charge in [-0.3, -0.25) is 4.79 Å². The van der Waals surface area contributed by atoms with E-state index in [1.807, 2.05) is 23.1 Å². The lowest BCUT2D eigenvalue weighted by molar-refractivity contribution is -0.134. The van der Waals surface area contributed by atoms with Crippen molar-refractivity contribution in [1.29, 1.82) is 0 Å². The van der Waals surface area contributed by atoms with Crippen LogP contribution in [0.15, 0.2) is 30.3 Å². The van der Waals surface area contributed by atoms with Gasteiger partial charge in [0.15, 0.2) is 0 Å². The molecule has 0 heterocycles. The van der Waals surface area contributed by atoms with Crippen LogP contribution in [0.1, 0.15) is 38.7 Å². The molecule has 0 aliphatic heterocycles. The number of hydrogen-bond donors (Lipinski definition) is 1. The predicted molar refractivity (Wildman–Crippen MR) is 77.4 cm³/mol. The summed E-state index contributed by atoms with van der Waals surface area (Å²) < 4.78 is 0. The molecular weight excluding hydrogens is 236 g/mol. The fraction of sp³-hybridized carbons (Fsp3) is 0.562. The molecule has 0 spiro atoms. The van der Waals surface area contributed by atoms with Gasteiger partial charge in [0, 0.05) is 12.6 Å². The minimum absolute atomic E-state index is 0.111. The third-order valence-electron chi connectivity index (χ3n) is 3.51. The van der Waals surface area contributed by atoms with E-state index in [0.717, 1.165) is 19.3 Å². The van der Waals surface area contributed by atoms with Crippen LogP contribution in [0.2, 0.25) is 0 Å². The molecule has 1 fully saturated rings. The fourth-order valence-corrected chi connectivity index (χ4v) is 2.37. The normalized spacial score (nSPS) is 16.4. The molecule has 1 aromatic carbocycles. The topological polar surface area (TPSA) is 46.3 Å². The van der Waals surface area contributed by atoms with E-state index in [2.05, 4.69) is 26.0 Å². The van der Waals surface area contributed by atoms with Gasteiger partial charge in [-0.1, -0.05) is 44.2 Å². The van der Waals surface area contributed by atoms with E-state index in [4.69, 9.17) is 5.73 Å². The third kappa shape index (κ3) is 4.06. The minimum atomic E-state index is -0.357. The van der Waals surface area contributed by atoms with Crippen LogP contribution in [0.5, 0.6) is 0 Å². The monoisotopic (exact) mass is 260 g/mol. The van der Waals surface area contributed by atoms with E-state index in [-0.39, 0.29) is 11.9 Å². The van der Waals surface area contributed by atoms with Crippen molar-refractivity contribution in [2.24, 2.45) is 11.7 Å². The first kappa shape index (κ1) is 14.1. The first-order valence-electron chi connectivity index (χ1n) is 7.18. The van der Waals surface area contributed by atoms with E-state index in [1.165, 1.54) is 5.56 Å². The van der Waals surface area contributed by atoms with Gasteiger partial charge in [0.05, 0.1) is 6.04 Å². The molecule has 1 aliphatic rings. The molecule has 1 atom stereocenters. The van der Waals surface area contributed by atoms with Gasteiger partial charge in [-0.15, -0.1) is 0 Å². The Bertz CT molecular complexity index is 412. The highest BCUT2D eigenvalue weighted by Gasteiger charge is 2.34. The summed E-state index contributed by atoms with van der Waals surface area (Å²) in [7, 11) is 0. The van der Waals surface area contributed by atoms with Gasteiger partial charge in [0.1, 0.15) is 0 Å². The van der Waals surface area contributed by atoms with Crippen LogP contribution < -0.4 is 5.73 Å². The van der Waals surface area contributed by atoms with Crippen molar-refractivity contribution in [3.63, 3.8) is 0 Å². The largest absolute Gasteiger partial charge is 0.334 e. The van der Waals surface area contributed by atoms with E-state index in [0.29, 0.717) is 18.5 Å². The molecular formula is C16H24N2O. The summed E-state index contributed by atoms with van der Waals surface area (Å²) in [6.07, 6.45) is 3.00. The number of carbonyl (C=O) groups is 1. The number of amides is 1. The van der Waals surface area contributed by atoms with Gasteiger partial charge < -0.3 is 10.6 Å². The molecule has 2 N–H and O–H groups in total. The Kier molecular flexibility index (Phi) is 4.59. The third-order valence-corrected chi connectivity index (χ3v) is 3.51. The Balaban J connectivity index is 2.01. The van der Waals surface area contributed by atoms with Crippen LogP contribution in [0.3, 0.4) is 0 Å². The van der Waals surface area contributed by atoms with Gasteiger partial charge in [-0.25, -0.2) is 0 Å². The Morgan fingerprint density at radius 3 is 2.47 bits per heavy atom. The molecule has 1 saturated carbocycles. The quantitative estimate of drug-likeness (QED) is 0.854. The summed E-state index contributed by atoms with van der Waals surface area (Å²) in [6.45, 7) is 4.90. The second-order valence-electron chi connectivity index (χ2n) is 5.92. The summed E-state index contributed by atoms with van der Waals surface area (Å²) in [5, 5.41) is 0. The van der Waals surface area contributed by atoms with Crippen LogP contribution in [-0.2, 0) is 11.3 Å². The number of benzene rings is 1. The fourth-order valence-electron chi connectivity index (χ4n) is 2.37. The number of carbonyl (C=O) groups excluding carboxylic acids is 1. The van der Waals surface area contributed by atoms with Gasteiger partial charge in [0.2, 0.25) is 5.91 Å². The van der Waals surface area contributed by atoms with Crippen LogP contribution in [0.25, 0.3) is 0 Å². The zero-order chi connectivity index (χ0) is 13.8. The van der Waals surface area contributed by atoms with Gasteiger partial charge in [-0.2, -0.15) is 0 Å². The molecule has 0 bridgehead atoms. The number of nitrogens with zero attached hydrogens (tertiary/aromatic N) is 1. The molecule has 3 nitrogen and oxygen atoms in total. The standard InChI is InChI=1S/C16H24N2O/c1-12(2)10-15(17)16(19)18(14-8-9-14)11-13-6-4-3-5-7-13/h3-7,12,14-15H,8-11,17H2,1-2H3/t15-/m0/s1. The van der Waals surface area contributed by atoms with Gasteiger partial charge >= 0.3 is 0 Å². The predicted octanol–water partition coefficient (Wildman–Crippen LogP) is 2.55. The van der Waals surface area contributed by atoms with Gasteiger partial charge in [-0.05, 0) is 30.7 Å². The minimum Gasteiger partial charge on any atom is -0.334 e. The zero-order valence-electron chi connectivity index (χ0n) is 11.9. The Morgan fingerprint density at radius 1 is 1.32 bits per heavy atom. The summed E-state index contributed by atoms with van der Waals surface area (Å²) in [5.74, 6) is 0.566. The summed E-state index contributed by atoms with van der Waals surface area (Å²) >= 11 is 0. The van der Waals surface area contributed by atoms with Crippen molar-refractivity contribution in [1.82, 2.24) is 4.90 Å². The van der Waals surface area contributed by atoms with Crippen LogP contribution in [0, 0.1) is 5.92 Å². The maximum atomic E-state index is 12.5. The lowest BCUT2D eigenvalue weighted by Gasteiger charge is -2.26. The van der Waals surface area contributed by atoms with Crippen LogP contribution in [-0.4, -0.2) is 22.9 Å². The second-order valence-corrected chi connectivity index (χ2v) is 5.92. The van der Waals surface area contributed by atoms with E-state index >= 15 is 0 Å². The molecule has 0 saturated heterocycles. The highest BCUT2D eigenvalue weighted by molar-refractivity contribution is 5.82. The maximum Gasteiger partial charge on any atom is 0.240 e. The Morgan fingerprint density at radius 2 is 1.95 bits per heavy atom. The van der Waals surface area contributed by atoms with Crippen molar-refractivity contribution in [2.75, 3.05) is 0 Å². The molecule has 1 amide bonds. The number of nitrogens with two attached hydrogens (primary N) is 1. The van der Waals surface area contributed by atoms with Crippen molar-refractivity contribution < 1.29 is 4.79 Å². The molecule has 19 heavy (non-hydrogen) atoms. The average molecular weight is 260 g/mol. The van der Waals surface area contributed by atoms with Crippen LogP contribution >= 0.6 is 0 Å². The molecule has 104 valence electrons. The first-order valence-corrected chi connectivity index (χ1v) is 7.18. The summed E-state index contributed by atoms with van der Waals surface area (Å²) in [6, 6.07) is 10.2. The Hall–Kier alpha value is -1.35. The number of rotatable bonds is 6. The lowest BCUT2D eigenvalue weighted by atomic mass is 10.0. The smallest absolute Gasteiger partial charge is 0.240 e. The lowest BCUT2D eigenvalue weighted by Crippen LogP contribution is -2.45. The highest BCUT2D eigenvalue weighted by Crippen LogP contribution is 2.29. The molecule has 1 aliphatic carbocycles. The zero-order valence-corrected chi connectivity index (χ0v) is 11.9. The average Bonchev–Trinajstić information content (AvgIpc) is 3.20. The molecule has 0 radical (unpaired) electrons. The molecule has 0 unspecified atom stereocenters. The molecule has 0 aromatic heterocycles. The van der Waals surface area contributed by atoms with Gasteiger partial charge in [0.25, 0.3) is 0 Å². The van der Waals surface area contributed by atoms with Crippen molar-refractivity contribution in [3.8, 4) is 0 Å². The summed E-state index contributed by atoms with van der Waals surface area (Å²) in [5.41, 5.74) is 7.23. The Labute approximate surface area is 115 Å². The highest BCUT2D eigenvalue weighted by atomic mass is 16.2. The number of hydrogen-bond acceptors (Lipinski definition) is 2. The van der Waals surface area contributed by atoms with Crippen molar-refractivity contribution >= 4 is 5.91 Å².